The summed E-state index contributed by atoms with van der Waals surface area (Å²) in [7, 11) is 1.51. The van der Waals surface area contributed by atoms with E-state index in [-0.39, 0.29) is 11.6 Å². The summed E-state index contributed by atoms with van der Waals surface area (Å²) in [6.07, 6.45) is 0.672. The maximum absolute atomic E-state index is 13.3. The molecule has 3 nitrogen and oxygen atoms in total. The molecule has 2 aromatic carbocycles. The largest absolute Gasteiger partial charge is 0.497 e. The van der Waals surface area contributed by atoms with Crippen molar-refractivity contribution in [2.24, 2.45) is 0 Å². The molecule has 0 N–H and O–H groups in total. The monoisotopic (exact) mass is 294 g/mol. The van der Waals surface area contributed by atoms with E-state index in [1.807, 2.05) is 0 Å². The fourth-order valence-electron chi connectivity index (χ4n) is 1.69. The first-order valence-corrected chi connectivity index (χ1v) is 6.22. The summed E-state index contributed by atoms with van der Waals surface area (Å²) < 4.78 is 23.8. The van der Waals surface area contributed by atoms with Gasteiger partial charge in [-0.2, -0.15) is 0 Å². The number of ether oxygens (including phenoxy) is 2. The number of halogens is 2. The predicted molar refractivity (Wildman–Crippen MR) is 74.1 cm³/mol. The molecule has 0 saturated carbocycles. The second kappa shape index (κ2) is 6.39. The predicted octanol–water partition coefficient (Wildman–Crippen LogP) is 3.88. The van der Waals surface area contributed by atoms with Crippen molar-refractivity contribution in [1.82, 2.24) is 0 Å². The molecule has 0 aromatic heterocycles. The molecular weight excluding hydrogens is 283 g/mol. The first kappa shape index (κ1) is 14.3. The van der Waals surface area contributed by atoms with Crippen molar-refractivity contribution in [2.45, 2.75) is 6.61 Å². The van der Waals surface area contributed by atoms with Crippen LogP contribution in [0.1, 0.15) is 15.9 Å². The molecule has 2 aromatic rings. The van der Waals surface area contributed by atoms with Gasteiger partial charge in [-0.3, -0.25) is 4.79 Å². The minimum Gasteiger partial charge on any atom is -0.497 e. The minimum atomic E-state index is -0.502. The van der Waals surface area contributed by atoms with Gasteiger partial charge in [-0.25, -0.2) is 4.39 Å². The van der Waals surface area contributed by atoms with Gasteiger partial charge in [0.05, 0.1) is 17.7 Å². The van der Waals surface area contributed by atoms with E-state index in [1.165, 1.54) is 13.2 Å². The van der Waals surface area contributed by atoms with Crippen LogP contribution in [0.2, 0.25) is 5.02 Å². The molecule has 2 rings (SSSR count). The molecule has 0 aliphatic carbocycles. The lowest BCUT2D eigenvalue weighted by molar-refractivity contribution is 0.111. The quantitative estimate of drug-likeness (QED) is 0.785. The van der Waals surface area contributed by atoms with Crippen LogP contribution in [0.25, 0.3) is 0 Å². The van der Waals surface area contributed by atoms with E-state index in [2.05, 4.69) is 0 Å². The fourth-order valence-corrected chi connectivity index (χ4v) is 1.87. The molecule has 0 bridgehead atoms. The Morgan fingerprint density at radius 3 is 2.80 bits per heavy atom. The van der Waals surface area contributed by atoms with Crippen molar-refractivity contribution in [3.8, 4) is 11.5 Å². The van der Waals surface area contributed by atoms with E-state index in [9.17, 15) is 9.18 Å². The van der Waals surface area contributed by atoms with E-state index in [4.69, 9.17) is 21.1 Å². The maximum Gasteiger partial charge on any atom is 0.153 e. The van der Waals surface area contributed by atoms with Crippen molar-refractivity contribution in [1.29, 1.82) is 0 Å². The molecule has 0 atom stereocenters. The Hall–Kier alpha value is -2.07. The molecular formula is C15H12ClFO3. The molecule has 0 aliphatic heterocycles. The van der Waals surface area contributed by atoms with Gasteiger partial charge in [0.1, 0.15) is 23.9 Å². The zero-order chi connectivity index (χ0) is 14.5. The molecule has 104 valence electrons. The van der Waals surface area contributed by atoms with Crippen LogP contribution in [0.4, 0.5) is 4.39 Å². The fraction of sp³-hybridized carbons (Fsp3) is 0.133. The number of hydrogen-bond acceptors (Lipinski definition) is 3. The van der Waals surface area contributed by atoms with Crippen LogP contribution in [-0.2, 0) is 6.61 Å². The number of carbonyl (C=O) groups is 1. The average Bonchev–Trinajstić information content (AvgIpc) is 2.48. The number of hydrogen-bond donors (Lipinski definition) is 0. The van der Waals surface area contributed by atoms with Crippen molar-refractivity contribution < 1.29 is 18.7 Å². The van der Waals surface area contributed by atoms with Gasteiger partial charge in [0.25, 0.3) is 0 Å². The summed E-state index contributed by atoms with van der Waals surface area (Å²) in [6, 6.07) is 9.35. The van der Waals surface area contributed by atoms with E-state index >= 15 is 0 Å². The molecule has 0 saturated heterocycles. The first-order valence-electron chi connectivity index (χ1n) is 5.84. The van der Waals surface area contributed by atoms with Crippen LogP contribution in [0.15, 0.2) is 36.4 Å². The van der Waals surface area contributed by atoms with Gasteiger partial charge in [-0.05, 0) is 24.3 Å². The van der Waals surface area contributed by atoms with Crippen LogP contribution in [0.5, 0.6) is 11.5 Å². The highest BCUT2D eigenvalue weighted by molar-refractivity contribution is 6.31. The van der Waals surface area contributed by atoms with Crippen LogP contribution >= 0.6 is 11.6 Å². The summed E-state index contributed by atoms with van der Waals surface area (Å²) in [6.45, 7) is 0.0732. The minimum absolute atomic E-state index is 0.0219. The van der Waals surface area contributed by atoms with Gasteiger partial charge in [0.2, 0.25) is 0 Å². The molecule has 0 radical (unpaired) electrons. The van der Waals surface area contributed by atoms with E-state index in [1.54, 1.807) is 30.3 Å². The van der Waals surface area contributed by atoms with E-state index < -0.39 is 5.82 Å². The number of methoxy groups -OCH3 is 1. The summed E-state index contributed by atoms with van der Waals surface area (Å²) in [5.41, 5.74) is 0.871. The summed E-state index contributed by atoms with van der Waals surface area (Å²) in [4.78, 5) is 11.0. The Morgan fingerprint density at radius 1 is 1.30 bits per heavy atom. The third-order valence-electron chi connectivity index (χ3n) is 2.76. The standard InChI is InChI=1S/C15H12ClFO3/c1-19-12-5-6-14(11(7-12)8-18)20-9-10-3-2-4-13(17)15(10)16/h2-8H,9H2,1H3. The molecule has 0 spiro atoms. The van der Waals surface area contributed by atoms with Crippen LogP contribution in [0.3, 0.4) is 0 Å². The summed E-state index contributed by atoms with van der Waals surface area (Å²) in [5, 5.41) is 0.0219. The Labute approximate surface area is 120 Å². The third kappa shape index (κ3) is 3.08. The SMILES string of the molecule is COc1ccc(OCc2cccc(F)c2Cl)c(C=O)c1. The first-order chi connectivity index (χ1) is 9.65. The highest BCUT2D eigenvalue weighted by Gasteiger charge is 2.09. The summed E-state index contributed by atoms with van der Waals surface area (Å²) in [5.74, 6) is 0.447. The van der Waals surface area contributed by atoms with Crippen molar-refractivity contribution in [3.05, 3.63) is 58.4 Å². The number of aldehydes is 1. The maximum atomic E-state index is 13.3. The van der Waals surface area contributed by atoms with Crippen molar-refractivity contribution in [2.75, 3.05) is 7.11 Å². The highest BCUT2D eigenvalue weighted by atomic mass is 35.5. The molecule has 0 aliphatic rings. The van der Waals surface area contributed by atoms with Gasteiger partial charge < -0.3 is 9.47 Å². The molecule has 0 fully saturated rings. The van der Waals surface area contributed by atoms with Gasteiger partial charge in [-0.15, -0.1) is 0 Å². The average molecular weight is 295 g/mol. The zero-order valence-electron chi connectivity index (χ0n) is 10.7. The Balaban J connectivity index is 2.18. The molecule has 0 unspecified atom stereocenters. The van der Waals surface area contributed by atoms with Crippen LogP contribution in [-0.4, -0.2) is 13.4 Å². The number of benzene rings is 2. The summed E-state index contributed by atoms with van der Waals surface area (Å²) >= 11 is 5.84. The second-order valence-electron chi connectivity index (χ2n) is 4.02. The van der Waals surface area contributed by atoms with Gasteiger partial charge >= 0.3 is 0 Å². The lowest BCUT2D eigenvalue weighted by atomic mass is 10.2. The van der Waals surface area contributed by atoms with Crippen LogP contribution < -0.4 is 9.47 Å². The smallest absolute Gasteiger partial charge is 0.153 e. The molecule has 5 heteroatoms. The number of carbonyl (C=O) groups excluding carboxylic acids is 1. The normalized spacial score (nSPS) is 10.2. The van der Waals surface area contributed by atoms with Gasteiger partial charge in [-0.1, -0.05) is 23.7 Å². The molecule has 0 amide bonds. The van der Waals surface area contributed by atoms with Crippen molar-refractivity contribution in [3.63, 3.8) is 0 Å². The Bertz CT molecular complexity index is 629. The van der Waals surface area contributed by atoms with E-state index in [0.717, 1.165) is 0 Å². The van der Waals surface area contributed by atoms with Crippen molar-refractivity contribution >= 4 is 17.9 Å². The van der Waals surface area contributed by atoms with Crippen LogP contribution in [0, 0.1) is 5.82 Å². The zero-order valence-corrected chi connectivity index (χ0v) is 11.5. The molecule has 20 heavy (non-hydrogen) atoms. The number of rotatable bonds is 5. The lowest BCUT2D eigenvalue weighted by Crippen LogP contribution is -2.00. The third-order valence-corrected chi connectivity index (χ3v) is 3.18. The van der Waals surface area contributed by atoms with E-state index in [0.29, 0.717) is 28.9 Å². The molecule has 0 heterocycles. The van der Waals surface area contributed by atoms with Gasteiger partial charge in [0, 0.05) is 5.56 Å². The Kier molecular flexibility index (Phi) is 4.58. The van der Waals surface area contributed by atoms with Gasteiger partial charge in [0.15, 0.2) is 6.29 Å². The lowest BCUT2D eigenvalue weighted by Gasteiger charge is -2.11. The topological polar surface area (TPSA) is 35.5 Å². The Morgan fingerprint density at radius 2 is 2.10 bits per heavy atom. The highest BCUT2D eigenvalue weighted by Crippen LogP contribution is 2.25. The second-order valence-corrected chi connectivity index (χ2v) is 4.40.